The number of hydrogen-bond acceptors (Lipinski definition) is 4. The first-order chi connectivity index (χ1) is 12.1. The topological polar surface area (TPSA) is 114 Å². The number of methoxy groups -OCH3 is 1. The van der Waals surface area contributed by atoms with E-state index in [4.69, 9.17) is 14.9 Å². The number of nitrogens with two attached hydrogens (primary N) is 1. The number of hydrogen-bond donors (Lipinski definition) is 3. The van der Waals surface area contributed by atoms with E-state index in [0.717, 1.165) is 11.3 Å². The van der Waals surface area contributed by atoms with Gasteiger partial charge >= 0.3 is 0 Å². The molecule has 1 amide bonds. The van der Waals surface area contributed by atoms with Gasteiger partial charge in [-0.1, -0.05) is 12.1 Å². The molecule has 2 heterocycles. The summed E-state index contributed by atoms with van der Waals surface area (Å²) in [7, 11) is 1.61. The molecule has 3 rings (SSSR count). The average molecular weight is 341 g/mol. The van der Waals surface area contributed by atoms with Crippen LogP contribution in [-0.2, 0) is 11.2 Å². The number of benzene rings is 1. The lowest BCUT2D eigenvalue weighted by Gasteiger charge is -2.13. The molecule has 0 aliphatic carbocycles. The highest BCUT2D eigenvalue weighted by Crippen LogP contribution is 2.29. The van der Waals surface area contributed by atoms with Crippen LogP contribution in [0.1, 0.15) is 34.9 Å². The summed E-state index contributed by atoms with van der Waals surface area (Å²) in [6, 6.07) is 11.0. The molecule has 0 saturated heterocycles. The first-order valence-corrected chi connectivity index (χ1v) is 7.82. The van der Waals surface area contributed by atoms with Crippen molar-refractivity contribution in [1.82, 2.24) is 10.2 Å². The van der Waals surface area contributed by atoms with Crippen molar-refractivity contribution in [2.45, 2.75) is 18.8 Å². The Kier molecular flexibility index (Phi) is 4.74. The van der Waals surface area contributed by atoms with Crippen LogP contribution in [0.5, 0.6) is 5.75 Å². The molecule has 2 aromatic heterocycles. The number of carbonyl (C=O) groups excluding carboxylic acids is 1. The van der Waals surface area contributed by atoms with E-state index in [9.17, 15) is 9.59 Å². The summed E-state index contributed by atoms with van der Waals surface area (Å²) in [5.74, 6) is 0.252. The zero-order valence-electron chi connectivity index (χ0n) is 13.7. The van der Waals surface area contributed by atoms with Gasteiger partial charge < -0.3 is 20.0 Å². The van der Waals surface area contributed by atoms with Gasteiger partial charge in [0.2, 0.25) is 5.91 Å². The number of aromatic nitrogens is 2. The van der Waals surface area contributed by atoms with Crippen molar-refractivity contribution in [2.75, 3.05) is 7.11 Å². The number of primary amides is 1. The fourth-order valence-corrected chi connectivity index (χ4v) is 2.90. The van der Waals surface area contributed by atoms with Crippen LogP contribution >= 0.6 is 0 Å². The standard InChI is InChI=1S/C18H19N3O4/c1-24-12-6-4-11(5-7-12)9-14-17(18(23)21-20-14)13(10-16(19)22)15-3-2-8-25-15/h2-8,13H,9-10H2,1H3,(H2,19,22)(H2,20,21,23)/t13-/m1/s1. The van der Waals surface area contributed by atoms with Crippen LogP contribution in [0.2, 0.25) is 0 Å². The Bertz CT molecular complexity index is 891. The van der Waals surface area contributed by atoms with Crippen LogP contribution in [0.15, 0.2) is 51.9 Å². The summed E-state index contributed by atoms with van der Waals surface area (Å²) in [4.78, 5) is 23.8. The van der Waals surface area contributed by atoms with Gasteiger partial charge in [0.15, 0.2) is 0 Å². The third-order valence-corrected chi connectivity index (χ3v) is 4.08. The van der Waals surface area contributed by atoms with Crippen molar-refractivity contribution in [2.24, 2.45) is 5.73 Å². The second-order valence-corrected chi connectivity index (χ2v) is 5.73. The highest BCUT2D eigenvalue weighted by atomic mass is 16.5. The number of carbonyl (C=O) groups is 1. The van der Waals surface area contributed by atoms with E-state index in [2.05, 4.69) is 10.2 Å². The molecular weight excluding hydrogens is 322 g/mol. The number of furan rings is 1. The molecule has 3 aromatic rings. The Hall–Kier alpha value is -3.22. The Morgan fingerprint density at radius 1 is 1.24 bits per heavy atom. The van der Waals surface area contributed by atoms with Crippen LogP contribution in [0.3, 0.4) is 0 Å². The zero-order chi connectivity index (χ0) is 17.8. The van der Waals surface area contributed by atoms with Crippen molar-refractivity contribution >= 4 is 5.91 Å². The molecule has 0 aliphatic rings. The Balaban J connectivity index is 1.96. The van der Waals surface area contributed by atoms with Crippen LogP contribution in [-0.4, -0.2) is 23.2 Å². The van der Waals surface area contributed by atoms with Crippen molar-refractivity contribution in [3.05, 3.63) is 75.6 Å². The van der Waals surface area contributed by atoms with E-state index >= 15 is 0 Å². The van der Waals surface area contributed by atoms with E-state index < -0.39 is 11.8 Å². The first kappa shape index (κ1) is 16.6. The number of amides is 1. The molecule has 7 nitrogen and oxygen atoms in total. The highest BCUT2D eigenvalue weighted by molar-refractivity contribution is 5.75. The second kappa shape index (κ2) is 7.12. The molecule has 0 bridgehead atoms. The third-order valence-electron chi connectivity index (χ3n) is 4.08. The molecule has 7 heteroatoms. The Morgan fingerprint density at radius 3 is 2.60 bits per heavy atom. The van der Waals surface area contributed by atoms with Crippen molar-refractivity contribution < 1.29 is 13.9 Å². The van der Waals surface area contributed by atoms with E-state index in [1.165, 1.54) is 6.26 Å². The van der Waals surface area contributed by atoms with Crippen LogP contribution in [0.25, 0.3) is 0 Å². The molecular formula is C18H19N3O4. The van der Waals surface area contributed by atoms with Gasteiger partial charge in [-0.05, 0) is 29.8 Å². The summed E-state index contributed by atoms with van der Waals surface area (Å²) in [6.45, 7) is 0. The maximum atomic E-state index is 12.3. The smallest absolute Gasteiger partial charge is 0.268 e. The number of nitrogens with one attached hydrogen (secondary N) is 2. The molecule has 0 saturated carbocycles. The molecule has 4 N–H and O–H groups in total. The fourth-order valence-electron chi connectivity index (χ4n) is 2.90. The molecule has 0 fully saturated rings. The van der Waals surface area contributed by atoms with Crippen molar-refractivity contribution in [3.8, 4) is 5.75 Å². The van der Waals surface area contributed by atoms with Gasteiger partial charge in [0, 0.05) is 18.5 Å². The second-order valence-electron chi connectivity index (χ2n) is 5.73. The normalized spacial score (nSPS) is 12.0. The van der Waals surface area contributed by atoms with Gasteiger partial charge in [0.1, 0.15) is 11.5 Å². The molecule has 1 atom stereocenters. The molecule has 25 heavy (non-hydrogen) atoms. The van der Waals surface area contributed by atoms with Crippen LogP contribution < -0.4 is 16.0 Å². The zero-order valence-corrected chi connectivity index (χ0v) is 13.7. The summed E-state index contributed by atoms with van der Waals surface area (Å²) < 4.78 is 10.6. The number of H-pyrrole nitrogens is 2. The van der Waals surface area contributed by atoms with Gasteiger partial charge in [0.25, 0.3) is 5.56 Å². The lowest BCUT2D eigenvalue weighted by molar-refractivity contribution is -0.118. The van der Waals surface area contributed by atoms with Gasteiger partial charge in [0.05, 0.1) is 24.9 Å². The molecule has 0 aliphatic heterocycles. The minimum absolute atomic E-state index is 0.00986. The Morgan fingerprint density at radius 2 is 2.00 bits per heavy atom. The lowest BCUT2D eigenvalue weighted by Crippen LogP contribution is -2.20. The summed E-state index contributed by atoms with van der Waals surface area (Å²) in [5.41, 5.74) is 7.24. The molecule has 0 spiro atoms. The van der Waals surface area contributed by atoms with E-state index in [1.54, 1.807) is 19.2 Å². The fraction of sp³-hybridized carbons (Fsp3) is 0.222. The molecule has 0 radical (unpaired) electrons. The largest absolute Gasteiger partial charge is 0.497 e. The number of ether oxygens (including phenoxy) is 1. The third kappa shape index (κ3) is 3.65. The highest BCUT2D eigenvalue weighted by Gasteiger charge is 2.26. The molecule has 1 aromatic carbocycles. The number of rotatable bonds is 7. The van der Waals surface area contributed by atoms with Gasteiger partial charge in [-0.2, -0.15) is 0 Å². The molecule has 0 unspecified atom stereocenters. The van der Waals surface area contributed by atoms with Gasteiger partial charge in [-0.25, -0.2) is 0 Å². The Labute approximate surface area is 143 Å². The minimum atomic E-state index is -0.532. The van der Waals surface area contributed by atoms with E-state index in [1.807, 2.05) is 24.3 Å². The van der Waals surface area contributed by atoms with E-state index in [-0.39, 0.29) is 12.0 Å². The monoisotopic (exact) mass is 341 g/mol. The summed E-state index contributed by atoms with van der Waals surface area (Å²) in [6.07, 6.45) is 1.99. The van der Waals surface area contributed by atoms with Crippen molar-refractivity contribution in [1.29, 1.82) is 0 Å². The predicted molar refractivity (Wildman–Crippen MR) is 91.6 cm³/mol. The summed E-state index contributed by atoms with van der Waals surface area (Å²) in [5, 5.41) is 5.50. The molecule has 130 valence electrons. The summed E-state index contributed by atoms with van der Waals surface area (Å²) >= 11 is 0. The minimum Gasteiger partial charge on any atom is -0.497 e. The predicted octanol–water partition coefficient (Wildman–Crippen LogP) is 1.90. The van der Waals surface area contributed by atoms with Crippen LogP contribution in [0.4, 0.5) is 0 Å². The maximum absolute atomic E-state index is 12.3. The van der Waals surface area contributed by atoms with Crippen molar-refractivity contribution in [3.63, 3.8) is 0 Å². The van der Waals surface area contributed by atoms with Gasteiger partial charge in [-0.3, -0.25) is 14.7 Å². The quantitative estimate of drug-likeness (QED) is 0.609. The van der Waals surface area contributed by atoms with E-state index in [0.29, 0.717) is 23.4 Å². The lowest BCUT2D eigenvalue weighted by atomic mass is 9.91. The number of aromatic amines is 2. The maximum Gasteiger partial charge on any atom is 0.268 e. The average Bonchev–Trinajstić information content (AvgIpc) is 3.24. The first-order valence-electron chi connectivity index (χ1n) is 7.82. The SMILES string of the molecule is COc1ccc(Cc2[nH][nH]c(=O)c2[C@H](CC(N)=O)c2ccco2)cc1. The van der Waals surface area contributed by atoms with Crippen LogP contribution in [0, 0.1) is 0 Å². The van der Waals surface area contributed by atoms with Gasteiger partial charge in [-0.15, -0.1) is 0 Å².